The Morgan fingerprint density at radius 3 is 2.95 bits per heavy atom. The van der Waals surface area contributed by atoms with Crippen LogP contribution in [0.3, 0.4) is 0 Å². The number of rotatable bonds is 2. The van der Waals surface area contributed by atoms with Gasteiger partial charge in [0.2, 0.25) is 5.95 Å². The van der Waals surface area contributed by atoms with Gasteiger partial charge in [-0.3, -0.25) is 4.57 Å². The summed E-state index contributed by atoms with van der Waals surface area (Å²) in [6.07, 6.45) is 1.69. The van der Waals surface area contributed by atoms with Crippen LogP contribution in [-0.2, 0) is 6.54 Å². The molecule has 2 aromatic heterocycles. The highest BCUT2D eigenvalue weighted by molar-refractivity contribution is 9.10. The fourth-order valence-corrected chi connectivity index (χ4v) is 2.30. The number of fused-ring (bicyclic) bond motifs is 1. The largest absolute Gasteiger partial charge is 0.369 e. The van der Waals surface area contributed by atoms with Crippen LogP contribution in [0.15, 0.2) is 41.0 Å². The molecule has 6 heteroatoms. The Balaban J connectivity index is 2.07. The van der Waals surface area contributed by atoms with E-state index in [-0.39, 0.29) is 5.82 Å². The quantitative estimate of drug-likeness (QED) is 0.789. The van der Waals surface area contributed by atoms with Gasteiger partial charge in [0, 0.05) is 10.7 Å². The third-order valence-electron chi connectivity index (χ3n) is 2.81. The molecule has 0 saturated carbocycles. The molecule has 3 rings (SSSR count). The number of halogens is 2. The van der Waals surface area contributed by atoms with Crippen molar-refractivity contribution in [3.63, 3.8) is 0 Å². The van der Waals surface area contributed by atoms with Gasteiger partial charge in [0.1, 0.15) is 11.3 Å². The van der Waals surface area contributed by atoms with Gasteiger partial charge in [0.05, 0.1) is 6.54 Å². The van der Waals surface area contributed by atoms with Crippen molar-refractivity contribution in [3.8, 4) is 0 Å². The predicted molar refractivity (Wildman–Crippen MR) is 75.1 cm³/mol. The van der Waals surface area contributed by atoms with Gasteiger partial charge < -0.3 is 5.73 Å². The van der Waals surface area contributed by atoms with E-state index < -0.39 is 0 Å². The van der Waals surface area contributed by atoms with E-state index in [2.05, 4.69) is 25.9 Å². The van der Waals surface area contributed by atoms with E-state index in [1.165, 1.54) is 12.1 Å². The highest BCUT2D eigenvalue weighted by atomic mass is 79.9. The number of hydrogen-bond donors (Lipinski definition) is 1. The highest BCUT2D eigenvalue weighted by Gasteiger charge is 2.10. The van der Waals surface area contributed by atoms with Crippen LogP contribution in [-0.4, -0.2) is 14.5 Å². The van der Waals surface area contributed by atoms with E-state index in [0.717, 1.165) is 10.0 Å². The minimum Gasteiger partial charge on any atom is -0.369 e. The maximum absolute atomic E-state index is 13.2. The maximum Gasteiger partial charge on any atom is 0.202 e. The summed E-state index contributed by atoms with van der Waals surface area (Å²) in [4.78, 5) is 8.55. The average Bonchev–Trinajstić information content (AvgIpc) is 2.65. The Bertz CT molecular complexity index is 753. The molecule has 0 unspecified atom stereocenters. The lowest BCUT2D eigenvalue weighted by Crippen LogP contribution is -2.05. The third-order valence-corrected chi connectivity index (χ3v) is 3.24. The normalized spacial score (nSPS) is 11.1. The summed E-state index contributed by atoms with van der Waals surface area (Å²) in [6, 6.07) is 8.25. The minimum absolute atomic E-state index is 0.267. The number of nitrogens with zero attached hydrogens (tertiary/aromatic N) is 3. The summed E-state index contributed by atoms with van der Waals surface area (Å²) in [5.74, 6) is 0.0982. The molecule has 0 saturated heterocycles. The Kier molecular flexibility index (Phi) is 2.94. The van der Waals surface area contributed by atoms with Crippen LogP contribution in [0, 0.1) is 5.82 Å². The van der Waals surface area contributed by atoms with E-state index in [4.69, 9.17) is 5.73 Å². The molecule has 2 heterocycles. The molecule has 0 fully saturated rings. The van der Waals surface area contributed by atoms with Gasteiger partial charge in [0.15, 0.2) is 5.65 Å². The first kappa shape index (κ1) is 12.1. The molecule has 0 aliphatic heterocycles. The second-order valence-corrected chi connectivity index (χ2v) is 5.10. The fraction of sp³-hybridized carbons (Fsp3) is 0.0769. The van der Waals surface area contributed by atoms with Crippen molar-refractivity contribution in [3.05, 3.63) is 52.4 Å². The number of benzene rings is 1. The number of imidazole rings is 1. The van der Waals surface area contributed by atoms with Crippen LogP contribution in [0.1, 0.15) is 5.56 Å². The number of nitrogens with two attached hydrogens (primary N) is 1. The predicted octanol–water partition coefficient (Wildman–Crippen LogP) is 2.96. The van der Waals surface area contributed by atoms with Gasteiger partial charge in [-0.1, -0.05) is 12.1 Å². The van der Waals surface area contributed by atoms with Gasteiger partial charge in [-0.05, 0) is 39.7 Å². The van der Waals surface area contributed by atoms with Crippen molar-refractivity contribution in [2.24, 2.45) is 0 Å². The number of anilines is 1. The van der Waals surface area contributed by atoms with Crippen LogP contribution >= 0.6 is 15.9 Å². The molecule has 0 atom stereocenters. The lowest BCUT2D eigenvalue weighted by molar-refractivity contribution is 0.624. The molecule has 0 aliphatic rings. The molecule has 0 spiro atoms. The van der Waals surface area contributed by atoms with Crippen molar-refractivity contribution in [2.45, 2.75) is 6.54 Å². The Morgan fingerprint density at radius 1 is 1.32 bits per heavy atom. The first-order chi connectivity index (χ1) is 9.13. The first-order valence-corrected chi connectivity index (χ1v) is 6.44. The topological polar surface area (TPSA) is 56.7 Å². The van der Waals surface area contributed by atoms with Crippen LogP contribution in [0.5, 0.6) is 0 Å². The third kappa shape index (κ3) is 2.31. The summed E-state index contributed by atoms with van der Waals surface area (Å²) in [5, 5.41) is 0. The molecule has 0 bridgehead atoms. The van der Waals surface area contributed by atoms with E-state index in [9.17, 15) is 4.39 Å². The highest BCUT2D eigenvalue weighted by Crippen LogP contribution is 2.20. The Morgan fingerprint density at radius 2 is 2.16 bits per heavy atom. The van der Waals surface area contributed by atoms with E-state index >= 15 is 0 Å². The van der Waals surface area contributed by atoms with Crippen molar-refractivity contribution in [1.29, 1.82) is 0 Å². The molecule has 19 heavy (non-hydrogen) atoms. The molecule has 3 aromatic rings. The van der Waals surface area contributed by atoms with Crippen molar-refractivity contribution in [2.75, 3.05) is 5.73 Å². The van der Waals surface area contributed by atoms with Crippen LogP contribution in [0.2, 0.25) is 0 Å². The smallest absolute Gasteiger partial charge is 0.202 e. The molecular formula is C13H10BrFN4. The zero-order valence-corrected chi connectivity index (χ0v) is 11.4. The molecule has 2 N–H and O–H groups in total. The maximum atomic E-state index is 13.2. The number of hydrogen-bond acceptors (Lipinski definition) is 3. The lowest BCUT2D eigenvalue weighted by Gasteiger charge is -2.06. The number of aromatic nitrogens is 3. The molecule has 0 radical (unpaired) electrons. The first-order valence-electron chi connectivity index (χ1n) is 5.65. The Labute approximate surface area is 117 Å². The SMILES string of the molecule is Nc1nc2cc(Br)cnc2n1Cc1cccc(F)c1. The standard InChI is InChI=1S/C13H10BrFN4/c14-9-5-11-12(17-6-9)19(13(16)18-11)7-8-2-1-3-10(15)4-8/h1-6H,7H2,(H2,16,18). The molecular weight excluding hydrogens is 311 g/mol. The van der Waals surface area contributed by atoms with Gasteiger partial charge >= 0.3 is 0 Å². The fourth-order valence-electron chi connectivity index (χ4n) is 1.98. The van der Waals surface area contributed by atoms with Crippen molar-refractivity contribution in [1.82, 2.24) is 14.5 Å². The second kappa shape index (κ2) is 4.62. The zero-order chi connectivity index (χ0) is 13.4. The van der Waals surface area contributed by atoms with Gasteiger partial charge in [-0.25, -0.2) is 14.4 Å². The summed E-state index contributed by atoms with van der Waals surface area (Å²) in [6.45, 7) is 0.439. The van der Waals surface area contributed by atoms with E-state index in [0.29, 0.717) is 23.7 Å². The molecule has 96 valence electrons. The molecule has 0 aliphatic carbocycles. The summed E-state index contributed by atoms with van der Waals surface area (Å²) in [7, 11) is 0. The summed E-state index contributed by atoms with van der Waals surface area (Å²) in [5.41, 5.74) is 8.10. The van der Waals surface area contributed by atoms with Crippen LogP contribution in [0.4, 0.5) is 10.3 Å². The average molecular weight is 321 g/mol. The van der Waals surface area contributed by atoms with E-state index in [1.807, 2.05) is 12.1 Å². The Hall–Kier alpha value is -1.95. The summed E-state index contributed by atoms with van der Waals surface area (Å²) < 4.78 is 15.8. The van der Waals surface area contributed by atoms with Crippen molar-refractivity contribution >= 4 is 33.0 Å². The van der Waals surface area contributed by atoms with E-state index in [1.54, 1.807) is 16.8 Å². The second-order valence-electron chi connectivity index (χ2n) is 4.18. The van der Waals surface area contributed by atoms with Gasteiger partial charge in [0.25, 0.3) is 0 Å². The molecule has 1 aromatic carbocycles. The lowest BCUT2D eigenvalue weighted by atomic mass is 10.2. The van der Waals surface area contributed by atoms with Gasteiger partial charge in [-0.2, -0.15) is 0 Å². The van der Waals surface area contributed by atoms with Crippen LogP contribution < -0.4 is 5.73 Å². The molecule has 4 nitrogen and oxygen atoms in total. The van der Waals surface area contributed by atoms with Gasteiger partial charge in [-0.15, -0.1) is 0 Å². The zero-order valence-electron chi connectivity index (χ0n) is 9.85. The minimum atomic E-state index is -0.267. The summed E-state index contributed by atoms with van der Waals surface area (Å²) >= 11 is 3.34. The monoisotopic (exact) mass is 320 g/mol. The number of pyridine rings is 1. The van der Waals surface area contributed by atoms with Crippen LogP contribution in [0.25, 0.3) is 11.2 Å². The molecule has 0 amide bonds. The number of nitrogen functional groups attached to an aromatic ring is 1. The van der Waals surface area contributed by atoms with Crippen molar-refractivity contribution < 1.29 is 4.39 Å².